The van der Waals surface area contributed by atoms with Gasteiger partial charge in [0.2, 0.25) is 0 Å². The molecule has 4 rings (SSSR count). The number of allylic oxidation sites excluding steroid dienone is 4. The van der Waals surface area contributed by atoms with E-state index < -0.39 is 30.0 Å². The molecule has 2 heterocycles. The predicted molar refractivity (Wildman–Crippen MR) is 153 cm³/mol. The van der Waals surface area contributed by atoms with E-state index in [1.54, 1.807) is 11.1 Å². The number of halogens is 3. The van der Waals surface area contributed by atoms with E-state index in [1.165, 1.54) is 6.08 Å². The van der Waals surface area contributed by atoms with Crippen molar-refractivity contribution < 1.29 is 18.0 Å². The summed E-state index contributed by atoms with van der Waals surface area (Å²) in [6, 6.07) is 8.50. The number of benzene rings is 1. The summed E-state index contributed by atoms with van der Waals surface area (Å²) in [7, 11) is 0. The van der Waals surface area contributed by atoms with Crippen LogP contribution in [0.2, 0.25) is 0 Å². The third-order valence-corrected chi connectivity index (χ3v) is 8.22. The van der Waals surface area contributed by atoms with Crippen LogP contribution in [0.25, 0.3) is 5.57 Å². The molecule has 1 aliphatic heterocycles. The lowest BCUT2D eigenvalue weighted by atomic mass is 9.80. The van der Waals surface area contributed by atoms with Crippen LogP contribution in [0.4, 0.5) is 18.0 Å². The van der Waals surface area contributed by atoms with Crippen molar-refractivity contribution in [2.75, 3.05) is 26.3 Å². The fourth-order valence-electron chi connectivity index (χ4n) is 5.48. The lowest BCUT2D eigenvalue weighted by molar-refractivity contribution is 0.0746. The van der Waals surface area contributed by atoms with Crippen molar-refractivity contribution in [1.82, 2.24) is 19.4 Å². The van der Waals surface area contributed by atoms with E-state index in [0.717, 1.165) is 24.8 Å². The molecule has 1 fully saturated rings. The van der Waals surface area contributed by atoms with Crippen LogP contribution < -0.4 is 5.73 Å². The van der Waals surface area contributed by atoms with E-state index in [-0.39, 0.29) is 36.8 Å². The maximum absolute atomic E-state index is 15.0. The number of urea groups is 1. The molecule has 1 aromatic heterocycles. The molecule has 0 bridgehead atoms. The summed E-state index contributed by atoms with van der Waals surface area (Å²) >= 11 is 0. The fourth-order valence-corrected chi connectivity index (χ4v) is 5.48. The molecule has 2 N–H and O–H groups in total. The number of aromatic nitrogens is 2. The predicted octanol–water partition coefficient (Wildman–Crippen LogP) is 6.94. The largest absolute Gasteiger partial charge is 0.328 e. The summed E-state index contributed by atoms with van der Waals surface area (Å²) in [5, 5.41) is 0. The number of nitrogens with two attached hydrogens (primary N) is 1. The molecule has 2 aromatic rings. The van der Waals surface area contributed by atoms with E-state index in [4.69, 9.17) is 10.7 Å². The summed E-state index contributed by atoms with van der Waals surface area (Å²) < 4.78 is 44.7. The maximum Gasteiger partial charge on any atom is 0.320 e. The topological polar surface area (TPSA) is 67.4 Å². The first kappa shape index (κ1) is 29.9. The Hall–Kier alpha value is -3.07. The average Bonchev–Trinajstić information content (AvgIpc) is 3.63. The Morgan fingerprint density at radius 2 is 1.85 bits per heavy atom. The van der Waals surface area contributed by atoms with E-state index >= 15 is 4.39 Å². The molecule has 6 nitrogen and oxygen atoms in total. The second-order valence-electron chi connectivity index (χ2n) is 11.6. The van der Waals surface area contributed by atoms with Gasteiger partial charge in [0.05, 0.1) is 11.7 Å². The zero-order valence-electron chi connectivity index (χ0n) is 23.9. The van der Waals surface area contributed by atoms with Crippen molar-refractivity contribution in [3.05, 3.63) is 71.3 Å². The maximum atomic E-state index is 15.0. The standard InChI is InChI=1S/C31H42F3N5O/c1-4-31(2,3)28(39(17-14-24(35)19-32)30(40)37-15-8-9-16-37)29-36-27(25-18-23(33)12-13-26(25)34)21-38(29)20-22-10-6-5-7-11-22/h5-7,10-11,18,21,24,28H,4,8-9,12-17,19-20,35H2,1-3H3/t24-,28-/m0/s1. The van der Waals surface area contributed by atoms with Crippen molar-refractivity contribution in [1.29, 1.82) is 0 Å². The molecular weight excluding hydrogens is 515 g/mol. The minimum atomic E-state index is -0.687. The van der Waals surface area contributed by atoms with Crippen LogP contribution in [0.1, 0.15) is 82.4 Å². The number of likely N-dealkylation sites (tertiary alicyclic amines) is 1. The van der Waals surface area contributed by atoms with E-state index in [9.17, 15) is 13.6 Å². The highest BCUT2D eigenvalue weighted by molar-refractivity contribution is 5.76. The van der Waals surface area contributed by atoms with Crippen LogP contribution in [0.3, 0.4) is 0 Å². The van der Waals surface area contributed by atoms with Crippen LogP contribution in [-0.4, -0.2) is 57.7 Å². The smallest absolute Gasteiger partial charge is 0.320 e. The minimum Gasteiger partial charge on any atom is -0.328 e. The number of carbonyl (C=O) groups excluding carboxylic acids is 1. The van der Waals surface area contributed by atoms with Crippen LogP contribution in [0, 0.1) is 5.41 Å². The van der Waals surface area contributed by atoms with Crippen molar-refractivity contribution in [3.63, 3.8) is 0 Å². The van der Waals surface area contributed by atoms with Gasteiger partial charge in [0.1, 0.15) is 24.2 Å². The Kier molecular flexibility index (Phi) is 9.77. The summed E-state index contributed by atoms with van der Waals surface area (Å²) in [5.41, 5.74) is 7.02. The van der Waals surface area contributed by atoms with Crippen molar-refractivity contribution >= 4 is 11.6 Å². The van der Waals surface area contributed by atoms with Crippen LogP contribution in [-0.2, 0) is 6.54 Å². The van der Waals surface area contributed by atoms with Gasteiger partial charge in [-0.1, -0.05) is 51.1 Å². The van der Waals surface area contributed by atoms with Gasteiger partial charge in [-0.15, -0.1) is 0 Å². The number of carbonyl (C=O) groups is 1. The van der Waals surface area contributed by atoms with Crippen molar-refractivity contribution in [2.45, 2.75) is 77.9 Å². The highest BCUT2D eigenvalue weighted by Crippen LogP contribution is 2.43. The van der Waals surface area contributed by atoms with E-state index in [2.05, 4.69) is 20.8 Å². The second-order valence-corrected chi connectivity index (χ2v) is 11.6. The molecule has 1 aliphatic carbocycles. The van der Waals surface area contributed by atoms with Gasteiger partial charge in [-0.3, -0.25) is 0 Å². The third kappa shape index (κ3) is 6.79. The monoisotopic (exact) mass is 557 g/mol. The number of hydrogen-bond acceptors (Lipinski definition) is 3. The average molecular weight is 558 g/mol. The molecule has 0 unspecified atom stereocenters. The zero-order chi connectivity index (χ0) is 28.9. The summed E-state index contributed by atoms with van der Waals surface area (Å²) in [4.78, 5) is 22.6. The number of amides is 2. The summed E-state index contributed by atoms with van der Waals surface area (Å²) in [5.74, 6) is -0.193. The molecule has 9 heteroatoms. The third-order valence-electron chi connectivity index (χ3n) is 8.22. The number of hydrogen-bond donors (Lipinski definition) is 1. The van der Waals surface area contributed by atoms with Gasteiger partial charge >= 0.3 is 6.03 Å². The van der Waals surface area contributed by atoms with Crippen LogP contribution in [0.5, 0.6) is 0 Å². The van der Waals surface area contributed by atoms with Gasteiger partial charge in [0.25, 0.3) is 0 Å². The van der Waals surface area contributed by atoms with Crippen molar-refractivity contribution in [3.8, 4) is 0 Å². The normalized spacial score (nSPS) is 17.7. The first-order chi connectivity index (χ1) is 19.1. The van der Waals surface area contributed by atoms with Crippen molar-refractivity contribution in [2.24, 2.45) is 11.1 Å². The lowest BCUT2D eigenvalue weighted by Crippen LogP contribution is -2.50. The molecule has 218 valence electrons. The highest BCUT2D eigenvalue weighted by Gasteiger charge is 2.42. The van der Waals surface area contributed by atoms with Gasteiger partial charge in [0.15, 0.2) is 0 Å². The SMILES string of the molecule is CCC(C)(C)[C@H](c1nc(C2=C(F)CCC(F)=C2)cn1Cc1ccccc1)N(CC[C@H](N)CF)C(=O)N1CCCC1. The first-order valence-electron chi connectivity index (χ1n) is 14.4. The van der Waals surface area contributed by atoms with Crippen LogP contribution in [0.15, 0.2) is 54.3 Å². The molecule has 1 saturated heterocycles. The van der Waals surface area contributed by atoms with E-state index in [1.807, 2.05) is 39.8 Å². The molecule has 40 heavy (non-hydrogen) atoms. The molecular formula is C31H42F3N5O. The summed E-state index contributed by atoms with van der Waals surface area (Å²) in [6.45, 7) is 7.57. The zero-order valence-corrected chi connectivity index (χ0v) is 23.9. The fraction of sp³-hybridized carbons (Fsp3) is 0.548. The van der Waals surface area contributed by atoms with Crippen LogP contribution >= 0.6 is 0 Å². The molecule has 0 spiro atoms. The Labute approximate surface area is 235 Å². The Balaban J connectivity index is 1.87. The number of rotatable bonds is 11. The van der Waals surface area contributed by atoms with Gasteiger partial charge in [-0.05, 0) is 42.7 Å². The lowest BCUT2D eigenvalue weighted by Gasteiger charge is -2.43. The Bertz CT molecular complexity index is 1220. The highest BCUT2D eigenvalue weighted by atomic mass is 19.1. The molecule has 2 atom stereocenters. The van der Waals surface area contributed by atoms with Gasteiger partial charge in [0, 0.05) is 56.8 Å². The molecule has 2 amide bonds. The number of nitrogens with zero attached hydrogens (tertiary/aromatic N) is 4. The van der Waals surface area contributed by atoms with E-state index in [0.29, 0.717) is 37.6 Å². The first-order valence-corrected chi connectivity index (χ1v) is 14.4. The Morgan fingerprint density at radius 3 is 2.50 bits per heavy atom. The molecule has 2 aliphatic rings. The molecule has 0 saturated carbocycles. The second kappa shape index (κ2) is 13.1. The van der Waals surface area contributed by atoms with Gasteiger partial charge in [-0.25, -0.2) is 22.9 Å². The number of imidazole rings is 1. The van der Waals surface area contributed by atoms with Gasteiger partial charge in [-0.2, -0.15) is 0 Å². The quantitative estimate of drug-likeness (QED) is 0.325. The van der Waals surface area contributed by atoms with Gasteiger partial charge < -0.3 is 20.1 Å². The molecule has 0 radical (unpaired) electrons. The minimum absolute atomic E-state index is 0.0108. The summed E-state index contributed by atoms with van der Waals surface area (Å²) in [6.07, 6.45) is 5.89. The molecule has 1 aromatic carbocycles. The Morgan fingerprint density at radius 1 is 1.15 bits per heavy atom. The number of alkyl halides is 1.